The van der Waals surface area contributed by atoms with Gasteiger partial charge in [-0.15, -0.1) is 0 Å². The molecule has 0 heterocycles. The van der Waals surface area contributed by atoms with Crippen LogP contribution in [0.3, 0.4) is 0 Å². The van der Waals surface area contributed by atoms with E-state index in [-0.39, 0.29) is 27.3 Å². The van der Waals surface area contributed by atoms with Crippen molar-refractivity contribution >= 4 is 46.5 Å². The molecule has 1 aromatic rings. The Bertz CT molecular complexity index is 490. The number of thiocarbonyl (C=S) groups is 1. The molecule has 0 unspecified atom stereocenters. The first kappa shape index (κ1) is 13.4. The summed E-state index contributed by atoms with van der Waals surface area (Å²) in [5.74, 6) is -1.74. The molecule has 0 bridgehead atoms. The van der Waals surface area contributed by atoms with Gasteiger partial charge in [0.2, 0.25) is 5.91 Å². The third-order valence-corrected chi connectivity index (χ3v) is 2.18. The lowest BCUT2D eigenvalue weighted by Crippen LogP contribution is -2.33. The Morgan fingerprint density at radius 3 is 2.59 bits per heavy atom. The van der Waals surface area contributed by atoms with Crippen molar-refractivity contribution in [2.45, 2.75) is 6.92 Å². The summed E-state index contributed by atoms with van der Waals surface area (Å²) in [7, 11) is 0. The summed E-state index contributed by atoms with van der Waals surface area (Å²) in [6, 6.07) is 4.16. The number of carbonyl (C=O) groups is 2. The third-order valence-electron chi connectivity index (χ3n) is 1.74. The van der Waals surface area contributed by atoms with Gasteiger partial charge in [0, 0.05) is 23.2 Å². The fourth-order valence-corrected chi connectivity index (χ4v) is 1.53. The minimum atomic E-state index is -1.39. The lowest BCUT2D eigenvalue weighted by atomic mass is 10.2. The minimum Gasteiger partial charge on any atom is -0.545 e. The summed E-state index contributed by atoms with van der Waals surface area (Å²) in [4.78, 5) is 21.6. The Balaban J connectivity index is 2.94. The van der Waals surface area contributed by atoms with E-state index in [1.54, 1.807) is 0 Å². The number of carbonyl (C=O) groups excluding carboxylic acids is 2. The highest BCUT2D eigenvalue weighted by Gasteiger charge is 2.07. The molecule has 2 N–H and O–H groups in total. The number of carboxylic acid groups (broad SMARTS) is 1. The molecule has 1 aromatic carbocycles. The van der Waals surface area contributed by atoms with Gasteiger partial charge in [0.05, 0.1) is 5.97 Å². The average molecular weight is 272 g/mol. The van der Waals surface area contributed by atoms with Gasteiger partial charge in [-0.1, -0.05) is 11.6 Å². The van der Waals surface area contributed by atoms with Crippen molar-refractivity contribution in [2.75, 3.05) is 5.32 Å². The molecular formula is C10H8ClN2O3S-. The second-order valence-corrected chi connectivity index (χ2v) is 3.96. The van der Waals surface area contributed by atoms with E-state index >= 15 is 0 Å². The molecule has 0 aromatic heterocycles. The summed E-state index contributed by atoms with van der Waals surface area (Å²) in [6.07, 6.45) is 0. The summed E-state index contributed by atoms with van der Waals surface area (Å²) in [5.41, 5.74) is 0.0679. The molecular weight excluding hydrogens is 264 g/mol. The van der Waals surface area contributed by atoms with Crippen molar-refractivity contribution < 1.29 is 14.7 Å². The second-order valence-electron chi connectivity index (χ2n) is 3.11. The maximum Gasteiger partial charge on any atom is 0.222 e. The number of rotatable bonds is 2. The smallest absolute Gasteiger partial charge is 0.222 e. The number of benzene rings is 1. The van der Waals surface area contributed by atoms with Gasteiger partial charge in [-0.2, -0.15) is 0 Å². The van der Waals surface area contributed by atoms with Crippen LogP contribution in [0.2, 0.25) is 5.02 Å². The van der Waals surface area contributed by atoms with Gasteiger partial charge in [0.15, 0.2) is 5.11 Å². The number of amides is 1. The molecule has 0 aliphatic rings. The molecule has 1 amide bonds. The number of hydrogen-bond acceptors (Lipinski definition) is 4. The molecule has 90 valence electrons. The first-order valence-corrected chi connectivity index (χ1v) is 5.28. The van der Waals surface area contributed by atoms with E-state index in [1.807, 2.05) is 0 Å². The zero-order valence-electron chi connectivity index (χ0n) is 8.74. The third kappa shape index (κ3) is 4.01. The van der Waals surface area contributed by atoms with Crippen molar-refractivity contribution in [3.63, 3.8) is 0 Å². The molecule has 17 heavy (non-hydrogen) atoms. The van der Waals surface area contributed by atoms with E-state index in [9.17, 15) is 14.7 Å². The largest absolute Gasteiger partial charge is 0.545 e. The second kappa shape index (κ2) is 5.60. The number of halogens is 1. The van der Waals surface area contributed by atoms with E-state index in [0.29, 0.717) is 0 Å². The van der Waals surface area contributed by atoms with Crippen LogP contribution in [-0.2, 0) is 4.79 Å². The molecule has 5 nitrogen and oxygen atoms in total. The number of anilines is 1. The maximum atomic E-state index is 10.8. The van der Waals surface area contributed by atoms with Crippen LogP contribution in [0.25, 0.3) is 0 Å². The van der Waals surface area contributed by atoms with Crippen molar-refractivity contribution in [3.8, 4) is 0 Å². The van der Waals surface area contributed by atoms with Crippen LogP contribution < -0.4 is 15.7 Å². The molecule has 0 spiro atoms. The van der Waals surface area contributed by atoms with Crippen LogP contribution >= 0.6 is 23.8 Å². The SMILES string of the molecule is CC(=O)NC(=S)Nc1ccc(Cl)cc1C(=O)[O-]. The Labute approximate surface area is 108 Å². The number of aromatic carboxylic acids is 1. The fourth-order valence-electron chi connectivity index (χ4n) is 1.11. The summed E-state index contributed by atoms with van der Waals surface area (Å²) < 4.78 is 0. The molecule has 0 aliphatic heterocycles. The predicted molar refractivity (Wildman–Crippen MR) is 65.8 cm³/mol. The zero-order chi connectivity index (χ0) is 13.0. The van der Waals surface area contributed by atoms with Crippen molar-refractivity contribution in [1.82, 2.24) is 5.32 Å². The topological polar surface area (TPSA) is 81.3 Å². The highest BCUT2D eigenvalue weighted by atomic mass is 35.5. The van der Waals surface area contributed by atoms with Gasteiger partial charge in [0.1, 0.15) is 0 Å². The van der Waals surface area contributed by atoms with Gasteiger partial charge >= 0.3 is 0 Å². The lowest BCUT2D eigenvalue weighted by molar-refractivity contribution is -0.254. The standard InChI is InChI=1S/C10H9ClN2O3S/c1-5(14)12-10(17)13-8-3-2-6(11)4-7(8)9(15)16/h2-4H,1H3,(H,15,16)(H2,12,13,14,17)/p-1. The van der Waals surface area contributed by atoms with E-state index in [4.69, 9.17) is 23.8 Å². The predicted octanol–water partition coefficient (Wildman–Crippen LogP) is 0.536. The number of carboxylic acids is 1. The summed E-state index contributed by atoms with van der Waals surface area (Å²) in [5, 5.41) is 16.0. The fraction of sp³-hybridized carbons (Fsp3) is 0.100. The molecule has 0 fully saturated rings. The Kier molecular flexibility index (Phi) is 4.42. The Morgan fingerprint density at radius 2 is 2.06 bits per heavy atom. The lowest BCUT2D eigenvalue weighted by Gasteiger charge is -2.13. The number of nitrogens with one attached hydrogen (secondary N) is 2. The highest BCUT2D eigenvalue weighted by Crippen LogP contribution is 2.20. The van der Waals surface area contributed by atoms with E-state index in [0.717, 1.165) is 0 Å². The average Bonchev–Trinajstić information content (AvgIpc) is 2.19. The Hall–Kier alpha value is -1.66. The zero-order valence-corrected chi connectivity index (χ0v) is 10.3. The van der Waals surface area contributed by atoms with Gasteiger partial charge < -0.3 is 20.5 Å². The van der Waals surface area contributed by atoms with Crippen LogP contribution in [0.4, 0.5) is 5.69 Å². The maximum absolute atomic E-state index is 10.8. The van der Waals surface area contributed by atoms with E-state index in [2.05, 4.69) is 10.6 Å². The van der Waals surface area contributed by atoms with Gasteiger partial charge in [-0.3, -0.25) is 4.79 Å². The molecule has 0 saturated carbocycles. The van der Waals surface area contributed by atoms with Crippen molar-refractivity contribution in [2.24, 2.45) is 0 Å². The number of hydrogen-bond donors (Lipinski definition) is 2. The van der Waals surface area contributed by atoms with Crippen molar-refractivity contribution in [1.29, 1.82) is 0 Å². The first-order valence-electron chi connectivity index (χ1n) is 4.49. The molecule has 7 heteroatoms. The van der Waals surface area contributed by atoms with Crippen LogP contribution in [0.5, 0.6) is 0 Å². The minimum absolute atomic E-state index is 0.00215. The van der Waals surface area contributed by atoms with Crippen LogP contribution in [0.1, 0.15) is 17.3 Å². The van der Waals surface area contributed by atoms with Crippen LogP contribution in [-0.4, -0.2) is 17.0 Å². The molecule has 0 atom stereocenters. The van der Waals surface area contributed by atoms with Crippen LogP contribution in [0.15, 0.2) is 18.2 Å². The van der Waals surface area contributed by atoms with Gasteiger partial charge in [0.25, 0.3) is 0 Å². The van der Waals surface area contributed by atoms with Crippen LogP contribution in [0, 0.1) is 0 Å². The van der Waals surface area contributed by atoms with E-state index in [1.165, 1.54) is 25.1 Å². The normalized spacial score (nSPS) is 9.53. The molecule has 0 aliphatic carbocycles. The molecule has 0 radical (unpaired) electrons. The van der Waals surface area contributed by atoms with Gasteiger partial charge in [-0.05, 0) is 30.4 Å². The molecule has 0 saturated heterocycles. The Morgan fingerprint density at radius 1 is 1.41 bits per heavy atom. The van der Waals surface area contributed by atoms with Gasteiger partial charge in [-0.25, -0.2) is 0 Å². The van der Waals surface area contributed by atoms with E-state index < -0.39 is 5.97 Å². The first-order chi connectivity index (χ1) is 7.90. The molecule has 1 rings (SSSR count). The monoisotopic (exact) mass is 271 g/mol. The summed E-state index contributed by atoms with van der Waals surface area (Å²) >= 11 is 10.5. The summed E-state index contributed by atoms with van der Waals surface area (Å²) in [6.45, 7) is 1.29. The highest BCUT2D eigenvalue weighted by molar-refractivity contribution is 7.80. The quantitative estimate of drug-likeness (QED) is 0.767. The van der Waals surface area contributed by atoms with Crippen molar-refractivity contribution in [3.05, 3.63) is 28.8 Å².